The SMILES string of the molecule is CC.CCC(C)(C(=O)N1CCC(C)CC1)C1CCCC1. The Morgan fingerprint density at radius 2 is 1.60 bits per heavy atom. The topological polar surface area (TPSA) is 20.3 Å². The van der Waals surface area contributed by atoms with E-state index >= 15 is 0 Å². The molecule has 0 aromatic rings. The Morgan fingerprint density at radius 1 is 1.10 bits per heavy atom. The highest BCUT2D eigenvalue weighted by Crippen LogP contribution is 2.43. The van der Waals surface area contributed by atoms with Gasteiger partial charge in [-0.25, -0.2) is 0 Å². The summed E-state index contributed by atoms with van der Waals surface area (Å²) >= 11 is 0. The molecule has 2 heteroatoms. The van der Waals surface area contributed by atoms with Crippen molar-refractivity contribution in [1.82, 2.24) is 4.90 Å². The minimum Gasteiger partial charge on any atom is -0.342 e. The van der Waals surface area contributed by atoms with Crippen LogP contribution in [0.5, 0.6) is 0 Å². The largest absolute Gasteiger partial charge is 0.342 e. The van der Waals surface area contributed by atoms with E-state index in [9.17, 15) is 4.79 Å². The molecule has 1 amide bonds. The molecule has 1 aliphatic heterocycles. The van der Waals surface area contributed by atoms with E-state index in [1.165, 1.54) is 38.5 Å². The van der Waals surface area contributed by atoms with Crippen LogP contribution in [0.3, 0.4) is 0 Å². The summed E-state index contributed by atoms with van der Waals surface area (Å²) in [5, 5.41) is 0. The van der Waals surface area contributed by atoms with Gasteiger partial charge in [-0.05, 0) is 43.9 Å². The summed E-state index contributed by atoms with van der Waals surface area (Å²) in [4.78, 5) is 15.0. The van der Waals surface area contributed by atoms with Crippen molar-refractivity contribution in [1.29, 1.82) is 0 Å². The molecule has 0 bridgehead atoms. The molecule has 1 atom stereocenters. The monoisotopic (exact) mass is 281 g/mol. The Labute approximate surface area is 126 Å². The molecule has 118 valence electrons. The third-order valence-electron chi connectivity index (χ3n) is 5.55. The summed E-state index contributed by atoms with van der Waals surface area (Å²) in [6.07, 6.45) is 8.56. The fourth-order valence-corrected chi connectivity index (χ4v) is 3.75. The van der Waals surface area contributed by atoms with Crippen molar-refractivity contribution in [2.24, 2.45) is 17.3 Å². The first-order valence-electron chi connectivity index (χ1n) is 8.87. The molecule has 2 aliphatic rings. The zero-order valence-corrected chi connectivity index (χ0v) is 14.4. The molecule has 1 unspecified atom stereocenters. The molecule has 20 heavy (non-hydrogen) atoms. The summed E-state index contributed by atoms with van der Waals surface area (Å²) in [6, 6.07) is 0. The standard InChI is InChI=1S/C16H29NO.C2H6/c1-4-16(3,14-7-5-6-8-14)15(18)17-11-9-13(2)10-12-17;1-2/h13-14H,4-12H2,1-3H3;1-2H3. The van der Waals surface area contributed by atoms with E-state index in [4.69, 9.17) is 0 Å². The Balaban J connectivity index is 0.000000956. The smallest absolute Gasteiger partial charge is 0.228 e. The van der Waals surface area contributed by atoms with Crippen LogP contribution in [-0.2, 0) is 4.79 Å². The van der Waals surface area contributed by atoms with Crippen LogP contribution in [0.4, 0.5) is 0 Å². The third kappa shape index (κ3) is 3.77. The van der Waals surface area contributed by atoms with Crippen LogP contribution in [-0.4, -0.2) is 23.9 Å². The lowest BCUT2D eigenvalue weighted by Crippen LogP contribution is -2.48. The van der Waals surface area contributed by atoms with Crippen LogP contribution in [0.2, 0.25) is 0 Å². The molecule has 2 rings (SSSR count). The number of nitrogens with zero attached hydrogens (tertiary/aromatic N) is 1. The molecule has 0 radical (unpaired) electrons. The maximum absolute atomic E-state index is 12.9. The summed E-state index contributed by atoms with van der Waals surface area (Å²) in [6.45, 7) is 12.7. The molecule has 2 fully saturated rings. The highest BCUT2D eigenvalue weighted by Gasteiger charge is 2.43. The number of rotatable bonds is 3. The number of amides is 1. The zero-order valence-electron chi connectivity index (χ0n) is 14.4. The third-order valence-corrected chi connectivity index (χ3v) is 5.55. The van der Waals surface area contributed by atoms with Gasteiger partial charge in [0.05, 0.1) is 0 Å². The van der Waals surface area contributed by atoms with Crippen molar-refractivity contribution in [3.8, 4) is 0 Å². The first kappa shape index (κ1) is 17.5. The normalized spacial score (nSPS) is 23.9. The van der Waals surface area contributed by atoms with Crippen molar-refractivity contribution in [3.05, 3.63) is 0 Å². The lowest BCUT2D eigenvalue weighted by Gasteiger charge is -2.40. The zero-order chi connectivity index (χ0) is 15.2. The molecule has 0 spiro atoms. The van der Waals surface area contributed by atoms with Crippen LogP contribution < -0.4 is 0 Å². The Bertz CT molecular complexity index is 288. The van der Waals surface area contributed by atoms with Gasteiger partial charge >= 0.3 is 0 Å². The fourth-order valence-electron chi connectivity index (χ4n) is 3.75. The first-order chi connectivity index (χ1) is 9.58. The van der Waals surface area contributed by atoms with Crippen molar-refractivity contribution >= 4 is 5.91 Å². The minimum atomic E-state index is -0.0862. The van der Waals surface area contributed by atoms with Gasteiger partial charge in [-0.1, -0.05) is 47.5 Å². The molecule has 1 saturated heterocycles. The summed E-state index contributed by atoms with van der Waals surface area (Å²) in [7, 11) is 0. The molecule has 0 aromatic carbocycles. The van der Waals surface area contributed by atoms with E-state index in [1.54, 1.807) is 0 Å². The van der Waals surface area contributed by atoms with E-state index in [-0.39, 0.29) is 5.41 Å². The fraction of sp³-hybridized carbons (Fsp3) is 0.944. The summed E-state index contributed by atoms with van der Waals surface area (Å²) in [5.41, 5.74) is -0.0862. The molecular weight excluding hydrogens is 246 g/mol. The molecule has 2 nitrogen and oxygen atoms in total. The van der Waals surface area contributed by atoms with Gasteiger partial charge in [-0.3, -0.25) is 4.79 Å². The Morgan fingerprint density at radius 3 is 2.05 bits per heavy atom. The second-order valence-corrected chi connectivity index (χ2v) is 6.73. The van der Waals surface area contributed by atoms with Gasteiger partial charge in [0.1, 0.15) is 0 Å². The van der Waals surface area contributed by atoms with Crippen LogP contribution >= 0.6 is 0 Å². The van der Waals surface area contributed by atoms with E-state index in [1.807, 2.05) is 13.8 Å². The predicted octanol–water partition coefficient (Wildman–Crippen LogP) is 4.88. The van der Waals surface area contributed by atoms with Gasteiger partial charge < -0.3 is 4.90 Å². The first-order valence-corrected chi connectivity index (χ1v) is 8.87. The lowest BCUT2D eigenvalue weighted by atomic mass is 9.72. The quantitative estimate of drug-likeness (QED) is 0.722. The molecule has 1 heterocycles. The molecular formula is C18H35NO. The van der Waals surface area contributed by atoms with Crippen molar-refractivity contribution in [3.63, 3.8) is 0 Å². The number of carbonyl (C=O) groups excluding carboxylic acids is 1. The molecule has 1 aliphatic carbocycles. The van der Waals surface area contributed by atoms with E-state index in [0.29, 0.717) is 11.8 Å². The average Bonchev–Trinajstić information content (AvgIpc) is 3.03. The maximum atomic E-state index is 12.9. The average molecular weight is 281 g/mol. The second kappa shape index (κ2) is 8.05. The predicted molar refractivity (Wildman–Crippen MR) is 86.7 cm³/mol. The minimum absolute atomic E-state index is 0.0862. The van der Waals surface area contributed by atoms with E-state index < -0.39 is 0 Å². The highest BCUT2D eigenvalue weighted by atomic mass is 16.2. The van der Waals surface area contributed by atoms with Gasteiger partial charge in [-0.2, -0.15) is 0 Å². The lowest BCUT2D eigenvalue weighted by molar-refractivity contribution is -0.146. The number of carbonyl (C=O) groups is 1. The van der Waals surface area contributed by atoms with E-state index in [0.717, 1.165) is 25.4 Å². The molecule has 0 N–H and O–H groups in total. The number of hydrogen-bond donors (Lipinski definition) is 0. The summed E-state index contributed by atoms with van der Waals surface area (Å²) < 4.78 is 0. The van der Waals surface area contributed by atoms with Gasteiger partial charge in [0.15, 0.2) is 0 Å². The van der Waals surface area contributed by atoms with Crippen LogP contribution in [0.15, 0.2) is 0 Å². The van der Waals surface area contributed by atoms with Gasteiger partial charge in [-0.15, -0.1) is 0 Å². The Kier molecular flexibility index (Phi) is 7.05. The van der Waals surface area contributed by atoms with Gasteiger partial charge in [0.25, 0.3) is 0 Å². The number of hydrogen-bond acceptors (Lipinski definition) is 1. The van der Waals surface area contributed by atoms with Gasteiger partial charge in [0, 0.05) is 18.5 Å². The van der Waals surface area contributed by atoms with Crippen LogP contribution in [0.1, 0.15) is 79.6 Å². The second-order valence-electron chi connectivity index (χ2n) is 6.73. The maximum Gasteiger partial charge on any atom is 0.228 e. The molecule has 0 aromatic heterocycles. The number of likely N-dealkylation sites (tertiary alicyclic amines) is 1. The van der Waals surface area contributed by atoms with Crippen LogP contribution in [0, 0.1) is 17.3 Å². The van der Waals surface area contributed by atoms with Crippen LogP contribution in [0.25, 0.3) is 0 Å². The summed E-state index contributed by atoms with van der Waals surface area (Å²) in [5.74, 6) is 1.88. The van der Waals surface area contributed by atoms with Gasteiger partial charge in [0.2, 0.25) is 5.91 Å². The highest BCUT2D eigenvalue weighted by molar-refractivity contribution is 5.82. The van der Waals surface area contributed by atoms with Crippen molar-refractivity contribution in [2.75, 3.05) is 13.1 Å². The molecule has 1 saturated carbocycles. The Hall–Kier alpha value is -0.530. The number of piperidine rings is 1. The van der Waals surface area contributed by atoms with Crippen molar-refractivity contribution in [2.45, 2.75) is 79.6 Å². The van der Waals surface area contributed by atoms with Crippen molar-refractivity contribution < 1.29 is 4.79 Å². The van der Waals surface area contributed by atoms with E-state index in [2.05, 4.69) is 25.7 Å².